The van der Waals surface area contributed by atoms with Gasteiger partial charge in [0.05, 0.1) is 5.52 Å². The second kappa shape index (κ2) is 6.70. The lowest BCUT2D eigenvalue weighted by Crippen LogP contribution is -2.38. The number of fused-ring (bicyclic) bond motifs is 1. The zero-order valence-electron chi connectivity index (χ0n) is 12.6. The maximum absolute atomic E-state index is 12.1. The van der Waals surface area contributed by atoms with Crippen LogP contribution in [0.25, 0.3) is 11.1 Å². The third-order valence-corrected chi connectivity index (χ3v) is 4.38. The number of oxazole rings is 1. The standard InChI is InChI=1S/C16H17N3O3S/c1-10(15(20)17-7-6-12-3-2-8-23-12)18-11-4-5-14-13(9-11)19-16(21)22-14/h2-5,8-10,18H,6-7H2,1H3,(H,17,20)(H,19,21)/t10-/m1/s1. The number of carbonyl (C=O) groups excluding carboxylic acids is 1. The lowest BCUT2D eigenvalue weighted by Gasteiger charge is -2.15. The Hall–Kier alpha value is -2.54. The van der Waals surface area contributed by atoms with Gasteiger partial charge in [-0.15, -0.1) is 11.3 Å². The van der Waals surface area contributed by atoms with Crippen molar-refractivity contribution in [3.8, 4) is 0 Å². The molecule has 23 heavy (non-hydrogen) atoms. The zero-order valence-corrected chi connectivity index (χ0v) is 13.4. The van der Waals surface area contributed by atoms with E-state index < -0.39 is 5.76 Å². The maximum atomic E-state index is 12.1. The molecule has 0 saturated heterocycles. The average Bonchev–Trinajstić information content (AvgIpc) is 3.15. The minimum Gasteiger partial charge on any atom is -0.408 e. The number of rotatable bonds is 6. The summed E-state index contributed by atoms with van der Waals surface area (Å²) in [4.78, 5) is 27.1. The van der Waals surface area contributed by atoms with Crippen LogP contribution < -0.4 is 16.4 Å². The Kier molecular flexibility index (Phi) is 4.47. The summed E-state index contributed by atoms with van der Waals surface area (Å²) in [6.07, 6.45) is 0.832. The van der Waals surface area contributed by atoms with Crippen molar-refractivity contribution in [3.05, 3.63) is 51.1 Å². The molecule has 3 aromatic rings. The molecule has 0 aliphatic carbocycles. The summed E-state index contributed by atoms with van der Waals surface area (Å²) in [5.74, 6) is -0.557. The van der Waals surface area contributed by atoms with Gasteiger partial charge in [0.1, 0.15) is 6.04 Å². The predicted octanol–water partition coefficient (Wildman–Crippen LogP) is 2.34. The first-order valence-electron chi connectivity index (χ1n) is 7.31. The summed E-state index contributed by atoms with van der Waals surface area (Å²) in [6.45, 7) is 2.40. The topological polar surface area (TPSA) is 87.1 Å². The molecule has 2 aromatic heterocycles. The van der Waals surface area contributed by atoms with Crippen molar-refractivity contribution in [3.63, 3.8) is 0 Å². The normalized spacial score (nSPS) is 12.2. The summed E-state index contributed by atoms with van der Waals surface area (Å²) < 4.78 is 4.95. The van der Waals surface area contributed by atoms with Crippen molar-refractivity contribution in [2.24, 2.45) is 0 Å². The first kappa shape index (κ1) is 15.4. The predicted molar refractivity (Wildman–Crippen MR) is 91.0 cm³/mol. The fourth-order valence-corrected chi connectivity index (χ4v) is 2.98. The zero-order chi connectivity index (χ0) is 16.2. The molecule has 0 radical (unpaired) electrons. The van der Waals surface area contributed by atoms with Crippen LogP contribution >= 0.6 is 11.3 Å². The van der Waals surface area contributed by atoms with Gasteiger partial charge in [0, 0.05) is 17.1 Å². The molecule has 0 aliphatic heterocycles. The molecule has 2 heterocycles. The molecule has 1 amide bonds. The van der Waals surface area contributed by atoms with Crippen LogP contribution in [0.15, 0.2) is 44.9 Å². The summed E-state index contributed by atoms with van der Waals surface area (Å²) in [5, 5.41) is 8.05. The van der Waals surface area contributed by atoms with Gasteiger partial charge in [0.2, 0.25) is 5.91 Å². The van der Waals surface area contributed by atoms with Crippen molar-refractivity contribution in [2.45, 2.75) is 19.4 Å². The number of aromatic amines is 1. The maximum Gasteiger partial charge on any atom is 0.417 e. The van der Waals surface area contributed by atoms with Crippen molar-refractivity contribution in [1.82, 2.24) is 10.3 Å². The summed E-state index contributed by atoms with van der Waals surface area (Å²) in [5.41, 5.74) is 1.84. The average molecular weight is 331 g/mol. The van der Waals surface area contributed by atoms with Gasteiger partial charge in [-0.2, -0.15) is 0 Å². The SMILES string of the molecule is C[C@@H](Nc1ccc2oc(=O)[nH]c2c1)C(=O)NCCc1cccs1. The second-order valence-electron chi connectivity index (χ2n) is 5.21. The number of carbonyl (C=O) groups is 1. The molecular formula is C16H17N3O3S. The van der Waals surface area contributed by atoms with E-state index in [1.807, 2.05) is 11.4 Å². The highest BCUT2D eigenvalue weighted by Gasteiger charge is 2.12. The second-order valence-corrected chi connectivity index (χ2v) is 6.24. The van der Waals surface area contributed by atoms with Crippen LogP contribution in [0.4, 0.5) is 5.69 Å². The monoisotopic (exact) mass is 331 g/mol. The number of hydrogen-bond acceptors (Lipinski definition) is 5. The number of benzene rings is 1. The van der Waals surface area contributed by atoms with Crippen LogP contribution in [-0.2, 0) is 11.2 Å². The number of aromatic nitrogens is 1. The summed E-state index contributed by atoms with van der Waals surface area (Å²) in [6, 6.07) is 8.89. The van der Waals surface area contributed by atoms with Gasteiger partial charge in [0.25, 0.3) is 0 Å². The van der Waals surface area contributed by atoms with Gasteiger partial charge in [-0.25, -0.2) is 4.79 Å². The molecule has 0 fully saturated rings. The van der Waals surface area contributed by atoms with E-state index >= 15 is 0 Å². The minimum atomic E-state index is -0.489. The minimum absolute atomic E-state index is 0.0673. The molecule has 1 aromatic carbocycles. The van der Waals surface area contributed by atoms with E-state index in [-0.39, 0.29) is 11.9 Å². The third-order valence-electron chi connectivity index (χ3n) is 3.45. The van der Waals surface area contributed by atoms with E-state index in [1.165, 1.54) is 4.88 Å². The number of amides is 1. The van der Waals surface area contributed by atoms with Crippen molar-refractivity contribution in [2.75, 3.05) is 11.9 Å². The number of H-pyrrole nitrogens is 1. The van der Waals surface area contributed by atoms with Crippen LogP contribution in [0.5, 0.6) is 0 Å². The highest BCUT2D eigenvalue weighted by atomic mass is 32.1. The molecule has 0 spiro atoms. The van der Waals surface area contributed by atoms with Gasteiger partial charge < -0.3 is 15.1 Å². The third kappa shape index (κ3) is 3.81. The molecule has 6 nitrogen and oxygen atoms in total. The fourth-order valence-electron chi connectivity index (χ4n) is 2.27. The van der Waals surface area contributed by atoms with Crippen LogP contribution in [0.3, 0.4) is 0 Å². The van der Waals surface area contributed by atoms with Gasteiger partial charge in [-0.1, -0.05) is 6.07 Å². The highest BCUT2D eigenvalue weighted by molar-refractivity contribution is 7.09. The smallest absolute Gasteiger partial charge is 0.408 e. The van der Waals surface area contributed by atoms with Gasteiger partial charge in [-0.3, -0.25) is 9.78 Å². The number of hydrogen-bond donors (Lipinski definition) is 3. The van der Waals surface area contributed by atoms with Crippen molar-refractivity contribution >= 4 is 34.0 Å². The quantitative estimate of drug-likeness (QED) is 0.647. The van der Waals surface area contributed by atoms with Crippen LogP contribution in [0, 0.1) is 0 Å². The van der Waals surface area contributed by atoms with Gasteiger partial charge in [-0.05, 0) is 43.0 Å². The molecule has 0 saturated carbocycles. The van der Waals surface area contributed by atoms with E-state index in [2.05, 4.69) is 21.7 Å². The number of anilines is 1. The Balaban J connectivity index is 1.55. The lowest BCUT2D eigenvalue weighted by atomic mass is 10.2. The summed E-state index contributed by atoms with van der Waals surface area (Å²) in [7, 11) is 0. The first-order chi connectivity index (χ1) is 11.1. The van der Waals surface area contributed by atoms with E-state index in [4.69, 9.17) is 4.42 Å². The number of nitrogens with one attached hydrogen (secondary N) is 3. The molecular weight excluding hydrogens is 314 g/mol. The van der Waals surface area contributed by atoms with Crippen molar-refractivity contribution < 1.29 is 9.21 Å². The summed E-state index contributed by atoms with van der Waals surface area (Å²) >= 11 is 1.68. The Labute approximate surface area is 136 Å². The Morgan fingerprint density at radius 2 is 2.26 bits per heavy atom. The van der Waals surface area contributed by atoms with Crippen LogP contribution in [-0.4, -0.2) is 23.5 Å². The molecule has 0 bridgehead atoms. The van der Waals surface area contributed by atoms with E-state index in [0.29, 0.717) is 17.6 Å². The first-order valence-corrected chi connectivity index (χ1v) is 8.19. The Morgan fingerprint density at radius 3 is 3.04 bits per heavy atom. The molecule has 0 unspecified atom stereocenters. The molecule has 120 valence electrons. The Morgan fingerprint density at radius 1 is 1.39 bits per heavy atom. The van der Waals surface area contributed by atoms with Gasteiger partial charge >= 0.3 is 5.76 Å². The molecule has 7 heteroatoms. The molecule has 3 rings (SSSR count). The van der Waals surface area contributed by atoms with E-state index in [9.17, 15) is 9.59 Å². The Bertz CT molecular complexity index is 851. The van der Waals surface area contributed by atoms with Crippen molar-refractivity contribution in [1.29, 1.82) is 0 Å². The lowest BCUT2D eigenvalue weighted by molar-refractivity contribution is -0.121. The van der Waals surface area contributed by atoms with E-state index in [0.717, 1.165) is 12.1 Å². The number of thiophene rings is 1. The fraction of sp³-hybridized carbons (Fsp3) is 0.250. The van der Waals surface area contributed by atoms with E-state index in [1.54, 1.807) is 36.5 Å². The largest absolute Gasteiger partial charge is 0.417 e. The van der Waals surface area contributed by atoms with Gasteiger partial charge in [0.15, 0.2) is 5.58 Å². The molecule has 0 aliphatic rings. The van der Waals surface area contributed by atoms with Crippen LogP contribution in [0.2, 0.25) is 0 Å². The molecule has 3 N–H and O–H groups in total. The van der Waals surface area contributed by atoms with Crippen LogP contribution in [0.1, 0.15) is 11.8 Å². The highest BCUT2D eigenvalue weighted by Crippen LogP contribution is 2.16. The molecule has 1 atom stereocenters.